The van der Waals surface area contributed by atoms with Crippen LogP contribution in [0.3, 0.4) is 0 Å². The normalized spacial score (nSPS) is 10.3. The lowest BCUT2D eigenvalue weighted by Gasteiger charge is -2.20. The van der Waals surface area contributed by atoms with Gasteiger partial charge in [-0.3, -0.25) is 4.79 Å². The van der Waals surface area contributed by atoms with Crippen LogP contribution in [0.5, 0.6) is 5.75 Å². The van der Waals surface area contributed by atoms with Crippen LogP contribution in [0.25, 0.3) is 0 Å². The van der Waals surface area contributed by atoms with Gasteiger partial charge in [0.25, 0.3) is 0 Å². The summed E-state index contributed by atoms with van der Waals surface area (Å²) in [6, 6.07) is 11.7. The van der Waals surface area contributed by atoms with Gasteiger partial charge in [0.15, 0.2) is 0 Å². The summed E-state index contributed by atoms with van der Waals surface area (Å²) in [4.78, 5) is 15.4. The maximum Gasteiger partial charge on any atom is 0.227 e. The Morgan fingerprint density at radius 3 is 2.55 bits per heavy atom. The van der Waals surface area contributed by atoms with E-state index in [1.54, 1.807) is 18.4 Å². The summed E-state index contributed by atoms with van der Waals surface area (Å²) in [7, 11) is 1.64. The number of nitrogens with zero attached hydrogens (tertiary/aromatic N) is 1. The van der Waals surface area contributed by atoms with Gasteiger partial charge in [-0.15, -0.1) is 11.3 Å². The molecule has 0 aliphatic rings. The molecule has 0 saturated heterocycles. The molecule has 0 saturated carbocycles. The van der Waals surface area contributed by atoms with Crippen molar-refractivity contribution in [2.45, 2.75) is 19.9 Å². The lowest BCUT2D eigenvalue weighted by Crippen LogP contribution is -2.31. The third kappa shape index (κ3) is 3.84. The number of methoxy groups -OCH3 is 1. The lowest BCUT2D eigenvalue weighted by molar-refractivity contribution is -0.130. The highest BCUT2D eigenvalue weighted by molar-refractivity contribution is 7.09. The Kier molecular flexibility index (Phi) is 5.18. The molecule has 0 fully saturated rings. The summed E-state index contributed by atoms with van der Waals surface area (Å²) in [5, 5.41) is 2.04. The van der Waals surface area contributed by atoms with Crippen LogP contribution < -0.4 is 4.74 Å². The van der Waals surface area contributed by atoms with Gasteiger partial charge in [-0.2, -0.15) is 0 Å². The average molecular weight is 289 g/mol. The molecule has 0 N–H and O–H groups in total. The first-order valence-electron chi connectivity index (χ1n) is 6.66. The zero-order chi connectivity index (χ0) is 14.4. The Hall–Kier alpha value is -1.81. The van der Waals surface area contributed by atoms with Gasteiger partial charge >= 0.3 is 0 Å². The van der Waals surface area contributed by atoms with Crippen LogP contribution in [0.4, 0.5) is 0 Å². The molecular formula is C16H19NO2S. The monoisotopic (exact) mass is 289 g/mol. The largest absolute Gasteiger partial charge is 0.497 e. The van der Waals surface area contributed by atoms with Crippen LogP contribution in [0, 0.1) is 0 Å². The van der Waals surface area contributed by atoms with Gasteiger partial charge in [0.1, 0.15) is 5.75 Å². The molecule has 0 spiro atoms. The molecule has 1 aromatic carbocycles. The fourth-order valence-corrected chi connectivity index (χ4v) is 2.72. The molecule has 20 heavy (non-hydrogen) atoms. The van der Waals surface area contributed by atoms with Crippen LogP contribution in [0.15, 0.2) is 41.8 Å². The zero-order valence-electron chi connectivity index (χ0n) is 11.8. The highest BCUT2D eigenvalue weighted by atomic mass is 32.1. The van der Waals surface area contributed by atoms with E-state index in [-0.39, 0.29) is 5.91 Å². The number of hydrogen-bond donors (Lipinski definition) is 0. The molecule has 0 bridgehead atoms. The minimum Gasteiger partial charge on any atom is -0.497 e. The molecule has 1 heterocycles. The number of ether oxygens (including phenoxy) is 1. The third-order valence-corrected chi connectivity index (χ3v) is 4.04. The van der Waals surface area contributed by atoms with Crippen LogP contribution in [0.2, 0.25) is 0 Å². The van der Waals surface area contributed by atoms with E-state index in [2.05, 4.69) is 6.07 Å². The quantitative estimate of drug-likeness (QED) is 0.816. The number of likely N-dealkylation sites (N-methyl/N-ethyl adjacent to an activating group) is 1. The maximum atomic E-state index is 12.3. The third-order valence-electron chi connectivity index (χ3n) is 3.18. The van der Waals surface area contributed by atoms with Gasteiger partial charge in [0, 0.05) is 11.4 Å². The van der Waals surface area contributed by atoms with Crippen LogP contribution in [0.1, 0.15) is 17.4 Å². The van der Waals surface area contributed by atoms with Crippen molar-refractivity contribution in [1.29, 1.82) is 0 Å². The van der Waals surface area contributed by atoms with Gasteiger partial charge in [0.05, 0.1) is 20.1 Å². The van der Waals surface area contributed by atoms with E-state index in [1.165, 1.54) is 4.88 Å². The summed E-state index contributed by atoms with van der Waals surface area (Å²) in [5.74, 6) is 0.971. The predicted molar refractivity (Wildman–Crippen MR) is 82.1 cm³/mol. The summed E-state index contributed by atoms with van der Waals surface area (Å²) in [5.41, 5.74) is 1.01. The molecule has 0 atom stereocenters. The molecule has 1 aromatic heterocycles. The van der Waals surface area contributed by atoms with E-state index in [0.717, 1.165) is 17.9 Å². The molecule has 3 nitrogen and oxygen atoms in total. The van der Waals surface area contributed by atoms with Crippen molar-refractivity contribution in [2.24, 2.45) is 0 Å². The number of amides is 1. The van der Waals surface area contributed by atoms with Gasteiger partial charge in [-0.05, 0) is 36.1 Å². The van der Waals surface area contributed by atoms with E-state index in [1.807, 2.05) is 47.5 Å². The number of carbonyl (C=O) groups excluding carboxylic acids is 1. The van der Waals surface area contributed by atoms with Crippen LogP contribution >= 0.6 is 11.3 Å². The molecule has 4 heteroatoms. The van der Waals surface area contributed by atoms with E-state index < -0.39 is 0 Å². The SMILES string of the molecule is CCN(Cc1cccs1)C(=O)Cc1ccc(OC)cc1. The number of rotatable bonds is 6. The first-order chi connectivity index (χ1) is 9.72. The first kappa shape index (κ1) is 14.6. The second-order valence-electron chi connectivity index (χ2n) is 4.51. The van der Waals surface area contributed by atoms with Gasteiger partial charge in [-0.25, -0.2) is 0 Å². The second kappa shape index (κ2) is 7.10. The minimum atomic E-state index is 0.158. The van der Waals surface area contributed by atoms with Crippen molar-refractivity contribution >= 4 is 17.2 Å². The number of hydrogen-bond acceptors (Lipinski definition) is 3. The molecule has 106 valence electrons. The van der Waals surface area contributed by atoms with Crippen molar-refractivity contribution in [2.75, 3.05) is 13.7 Å². The van der Waals surface area contributed by atoms with Crippen molar-refractivity contribution in [3.63, 3.8) is 0 Å². The van der Waals surface area contributed by atoms with E-state index in [9.17, 15) is 4.79 Å². The Balaban J connectivity index is 1.97. The Morgan fingerprint density at radius 1 is 1.25 bits per heavy atom. The van der Waals surface area contributed by atoms with Crippen molar-refractivity contribution in [1.82, 2.24) is 4.90 Å². The van der Waals surface area contributed by atoms with Gasteiger partial charge in [0.2, 0.25) is 5.91 Å². The molecular weight excluding hydrogens is 270 g/mol. The topological polar surface area (TPSA) is 29.5 Å². The molecule has 0 unspecified atom stereocenters. The Morgan fingerprint density at radius 2 is 2.00 bits per heavy atom. The van der Waals surface area contributed by atoms with Gasteiger partial charge < -0.3 is 9.64 Å². The fraction of sp³-hybridized carbons (Fsp3) is 0.312. The van der Waals surface area contributed by atoms with Crippen LogP contribution in [-0.2, 0) is 17.8 Å². The summed E-state index contributed by atoms with van der Waals surface area (Å²) in [6.45, 7) is 3.44. The molecule has 0 radical (unpaired) electrons. The Bertz CT molecular complexity index is 534. The molecule has 1 amide bonds. The van der Waals surface area contributed by atoms with Crippen molar-refractivity contribution < 1.29 is 9.53 Å². The van der Waals surface area contributed by atoms with Crippen LogP contribution in [-0.4, -0.2) is 24.5 Å². The fourth-order valence-electron chi connectivity index (χ4n) is 2.00. The summed E-state index contributed by atoms with van der Waals surface area (Å²) < 4.78 is 5.12. The van der Waals surface area contributed by atoms with Gasteiger partial charge in [-0.1, -0.05) is 18.2 Å². The van der Waals surface area contributed by atoms with E-state index >= 15 is 0 Å². The van der Waals surface area contributed by atoms with E-state index in [4.69, 9.17) is 4.74 Å². The van der Waals surface area contributed by atoms with Crippen molar-refractivity contribution in [3.8, 4) is 5.75 Å². The molecule has 2 aromatic rings. The minimum absolute atomic E-state index is 0.158. The highest BCUT2D eigenvalue weighted by Gasteiger charge is 2.13. The predicted octanol–water partition coefficient (Wildman–Crippen LogP) is 3.35. The zero-order valence-corrected chi connectivity index (χ0v) is 12.7. The molecule has 0 aliphatic carbocycles. The average Bonchev–Trinajstić information content (AvgIpc) is 2.98. The lowest BCUT2D eigenvalue weighted by atomic mass is 10.1. The number of benzene rings is 1. The number of thiophene rings is 1. The molecule has 2 rings (SSSR count). The summed E-state index contributed by atoms with van der Waals surface area (Å²) in [6.07, 6.45) is 0.434. The second-order valence-corrected chi connectivity index (χ2v) is 5.54. The summed E-state index contributed by atoms with van der Waals surface area (Å²) >= 11 is 1.68. The maximum absolute atomic E-state index is 12.3. The van der Waals surface area contributed by atoms with E-state index in [0.29, 0.717) is 13.0 Å². The smallest absolute Gasteiger partial charge is 0.227 e. The first-order valence-corrected chi connectivity index (χ1v) is 7.54. The van der Waals surface area contributed by atoms with Crippen molar-refractivity contribution in [3.05, 3.63) is 52.2 Å². The highest BCUT2D eigenvalue weighted by Crippen LogP contribution is 2.15. The Labute approximate surface area is 123 Å². The standard InChI is InChI=1S/C16H19NO2S/c1-3-17(12-15-5-4-10-20-15)16(18)11-13-6-8-14(19-2)9-7-13/h4-10H,3,11-12H2,1-2H3. The number of carbonyl (C=O) groups is 1. The molecule has 0 aliphatic heterocycles.